The van der Waals surface area contributed by atoms with E-state index in [1.807, 2.05) is 37.4 Å². The summed E-state index contributed by atoms with van der Waals surface area (Å²) in [4.78, 5) is 20.4. The van der Waals surface area contributed by atoms with Gasteiger partial charge in [0.2, 0.25) is 0 Å². The van der Waals surface area contributed by atoms with Crippen molar-refractivity contribution >= 4 is 39.3 Å². The molecular formula is C19H16ClN7O. The third kappa shape index (κ3) is 2.65. The molecule has 0 saturated heterocycles. The van der Waals surface area contributed by atoms with Crippen LogP contribution in [0.25, 0.3) is 27.7 Å². The second-order valence-corrected chi connectivity index (χ2v) is 7.03. The highest BCUT2D eigenvalue weighted by molar-refractivity contribution is 6.31. The number of aromatic amines is 1. The fraction of sp³-hybridized carbons (Fsp3) is 0.211. The third-order valence-corrected chi connectivity index (χ3v) is 5.12. The second-order valence-electron chi connectivity index (χ2n) is 6.60. The summed E-state index contributed by atoms with van der Waals surface area (Å²) in [6.45, 7) is 2.49. The molecular weight excluding hydrogens is 378 g/mol. The Morgan fingerprint density at radius 2 is 2.11 bits per heavy atom. The average Bonchev–Trinajstić information content (AvgIpc) is 3.31. The highest BCUT2D eigenvalue weighted by Gasteiger charge is 2.13. The van der Waals surface area contributed by atoms with E-state index in [2.05, 4.69) is 25.3 Å². The summed E-state index contributed by atoms with van der Waals surface area (Å²) in [6.07, 6.45) is 5.10. The van der Waals surface area contributed by atoms with Crippen LogP contribution in [0.3, 0.4) is 0 Å². The van der Waals surface area contributed by atoms with Gasteiger partial charge in [0.1, 0.15) is 5.52 Å². The SMILES string of the molecule is CCc1nc2nnc3c(=O)n(CCc4c[nH]c5ccc(Cl)cc45)ccc3n2n1. The van der Waals surface area contributed by atoms with Crippen LogP contribution in [0.5, 0.6) is 0 Å². The molecule has 1 N–H and O–H groups in total. The minimum atomic E-state index is -0.196. The van der Waals surface area contributed by atoms with E-state index in [1.165, 1.54) is 0 Å². The number of nitrogens with one attached hydrogen (secondary N) is 1. The maximum atomic E-state index is 12.9. The van der Waals surface area contributed by atoms with Crippen molar-refractivity contribution in [3.05, 3.63) is 63.4 Å². The first-order valence-corrected chi connectivity index (χ1v) is 9.39. The number of nitrogens with zero attached hydrogens (tertiary/aromatic N) is 6. The smallest absolute Gasteiger partial charge is 0.280 e. The number of pyridine rings is 1. The first-order valence-electron chi connectivity index (χ1n) is 9.01. The molecule has 8 nitrogen and oxygen atoms in total. The van der Waals surface area contributed by atoms with E-state index < -0.39 is 0 Å². The fourth-order valence-electron chi connectivity index (χ4n) is 3.41. The van der Waals surface area contributed by atoms with Gasteiger partial charge in [-0.3, -0.25) is 4.79 Å². The number of fused-ring (bicyclic) bond motifs is 4. The Labute approximate surface area is 163 Å². The van der Waals surface area contributed by atoms with Crippen LogP contribution in [-0.4, -0.2) is 34.3 Å². The van der Waals surface area contributed by atoms with Crippen LogP contribution in [0.1, 0.15) is 18.3 Å². The number of H-pyrrole nitrogens is 1. The first kappa shape index (κ1) is 16.9. The number of hydrogen-bond donors (Lipinski definition) is 1. The first-order chi connectivity index (χ1) is 13.6. The quantitative estimate of drug-likeness (QED) is 0.506. The molecule has 0 unspecified atom stereocenters. The van der Waals surface area contributed by atoms with Gasteiger partial charge in [0.05, 0.1) is 0 Å². The summed E-state index contributed by atoms with van der Waals surface area (Å²) < 4.78 is 3.22. The van der Waals surface area contributed by atoms with Crippen LogP contribution in [0.2, 0.25) is 5.02 Å². The maximum absolute atomic E-state index is 12.9. The molecule has 5 aromatic rings. The van der Waals surface area contributed by atoms with Gasteiger partial charge in [-0.15, -0.1) is 15.3 Å². The number of rotatable bonds is 4. The highest BCUT2D eigenvalue weighted by Crippen LogP contribution is 2.23. The minimum Gasteiger partial charge on any atom is -0.361 e. The topological polar surface area (TPSA) is 93.8 Å². The molecule has 0 atom stereocenters. The van der Waals surface area contributed by atoms with Gasteiger partial charge in [-0.1, -0.05) is 18.5 Å². The third-order valence-electron chi connectivity index (χ3n) is 4.89. The number of halogens is 1. The zero-order chi connectivity index (χ0) is 19.3. The van der Waals surface area contributed by atoms with Crippen LogP contribution in [0, 0.1) is 0 Å². The van der Waals surface area contributed by atoms with Crippen LogP contribution in [-0.2, 0) is 19.4 Å². The van der Waals surface area contributed by atoms with E-state index in [1.54, 1.807) is 15.3 Å². The van der Waals surface area contributed by atoms with E-state index in [0.29, 0.717) is 41.5 Å². The molecule has 140 valence electrons. The average molecular weight is 394 g/mol. The summed E-state index contributed by atoms with van der Waals surface area (Å²) >= 11 is 6.12. The molecule has 0 bridgehead atoms. The van der Waals surface area contributed by atoms with Crippen molar-refractivity contribution in [3.63, 3.8) is 0 Å². The van der Waals surface area contributed by atoms with Crippen molar-refractivity contribution in [2.75, 3.05) is 0 Å². The van der Waals surface area contributed by atoms with E-state index >= 15 is 0 Å². The molecule has 5 rings (SSSR count). The largest absolute Gasteiger partial charge is 0.361 e. The monoisotopic (exact) mass is 393 g/mol. The zero-order valence-electron chi connectivity index (χ0n) is 15.1. The molecule has 0 aliphatic rings. The van der Waals surface area contributed by atoms with Crippen molar-refractivity contribution in [2.45, 2.75) is 26.3 Å². The fourth-order valence-corrected chi connectivity index (χ4v) is 3.58. The van der Waals surface area contributed by atoms with Crippen LogP contribution in [0.4, 0.5) is 0 Å². The summed E-state index contributed by atoms with van der Waals surface area (Å²) in [5, 5.41) is 14.3. The standard InChI is InChI=1S/C19H16ClN7O/c1-2-16-22-19-24-23-17-15(27(19)25-16)6-8-26(18(17)28)7-5-11-10-21-14-4-3-12(20)9-13(11)14/h3-4,6,8-10,21H,2,5,7H2,1H3. The van der Waals surface area contributed by atoms with Gasteiger partial charge in [0.25, 0.3) is 11.3 Å². The lowest BCUT2D eigenvalue weighted by Gasteiger charge is -2.07. The van der Waals surface area contributed by atoms with Crippen molar-refractivity contribution in [1.29, 1.82) is 0 Å². The van der Waals surface area contributed by atoms with E-state index in [0.717, 1.165) is 16.5 Å². The van der Waals surface area contributed by atoms with Crippen LogP contribution < -0.4 is 5.56 Å². The van der Waals surface area contributed by atoms with E-state index in [4.69, 9.17) is 11.6 Å². The molecule has 0 amide bonds. The lowest BCUT2D eigenvalue weighted by Crippen LogP contribution is -2.22. The predicted octanol–water partition coefficient (Wildman–Crippen LogP) is 2.77. The molecule has 0 fully saturated rings. The Bertz CT molecular complexity index is 1400. The Balaban J connectivity index is 1.52. The van der Waals surface area contributed by atoms with Gasteiger partial charge in [0.15, 0.2) is 11.3 Å². The lowest BCUT2D eigenvalue weighted by molar-refractivity contribution is 0.673. The number of aromatic nitrogens is 7. The van der Waals surface area contributed by atoms with E-state index in [9.17, 15) is 4.79 Å². The number of aryl methyl sites for hydroxylation is 3. The van der Waals surface area contributed by atoms with Crippen LogP contribution in [0.15, 0.2) is 41.5 Å². The summed E-state index contributed by atoms with van der Waals surface area (Å²) in [5.41, 5.74) is 2.83. The summed E-state index contributed by atoms with van der Waals surface area (Å²) in [5.74, 6) is 1.07. The molecule has 4 heterocycles. The van der Waals surface area contributed by atoms with Crippen molar-refractivity contribution < 1.29 is 0 Å². The van der Waals surface area contributed by atoms with Crippen molar-refractivity contribution in [2.24, 2.45) is 0 Å². The summed E-state index contributed by atoms with van der Waals surface area (Å²) in [7, 11) is 0. The Kier molecular flexibility index (Phi) is 3.87. The molecule has 1 aromatic carbocycles. The van der Waals surface area contributed by atoms with E-state index in [-0.39, 0.29) is 11.1 Å². The molecule has 0 aliphatic carbocycles. The van der Waals surface area contributed by atoms with Gasteiger partial charge in [-0.2, -0.15) is 9.50 Å². The lowest BCUT2D eigenvalue weighted by atomic mass is 10.1. The highest BCUT2D eigenvalue weighted by atomic mass is 35.5. The summed E-state index contributed by atoms with van der Waals surface area (Å²) in [6, 6.07) is 7.57. The molecule has 4 aromatic heterocycles. The minimum absolute atomic E-state index is 0.196. The molecule has 28 heavy (non-hydrogen) atoms. The number of hydrogen-bond acceptors (Lipinski definition) is 5. The molecule has 0 radical (unpaired) electrons. The van der Waals surface area contributed by atoms with Crippen LogP contribution >= 0.6 is 11.6 Å². The molecule has 9 heteroatoms. The Hall–Kier alpha value is -3.26. The number of benzene rings is 1. The Morgan fingerprint density at radius 3 is 2.96 bits per heavy atom. The van der Waals surface area contributed by atoms with Crippen molar-refractivity contribution in [3.8, 4) is 0 Å². The van der Waals surface area contributed by atoms with Gasteiger partial charge in [0, 0.05) is 41.3 Å². The molecule has 0 saturated carbocycles. The van der Waals surface area contributed by atoms with Gasteiger partial charge < -0.3 is 9.55 Å². The van der Waals surface area contributed by atoms with Gasteiger partial charge >= 0.3 is 0 Å². The molecule has 0 aliphatic heterocycles. The van der Waals surface area contributed by atoms with Gasteiger partial charge in [-0.05, 0) is 36.2 Å². The second kappa shape index (κ2) is 6.42. The zero-order valence-corrected chi connectivity index (χ0v) is 15.8. The molecule has 0 spiro atoms. The Morgan fingerprint density at radius 1 is 1.21 bits per heavy atom. The maximum Gasteiger partial charge on any atom is 0.280 e. The van der Waals surface area contributed by atoms with Gasteiger partial charge in [-0.25, -0.2) is 0 Å². The van der Waals surface area contributed by atoms with Crippen molar-refractivity contribution in [1.82, 2.24) is 34.3 Å². The normalized spacial score (nSPS) is 11.8. The predicted molar refractivity (Wildman–Crippen MR) is 107 cm³/mol.